The fraction of sp³-hybridized carbons (Fsp3) is 0.727. The van der Waals surface area contributed by atoms with Gasteiger partial charge in [0.15, 0.2) is 0 Å². The minimum atomic E-state index is -0.146. The van der Waals surface area contributed by atoms with Gasteiger partial charge in [-0.25, -0.2) is 4.98 Å². The number of rotatable bonds is 6. The average Bonchev–Trinajstić information content (AvgIpc) is 3.15. The first-order chi connectivity index (χ1) is 14.9. The van der Waals surface area contributed by atoms with E-state index >= 15 is 0 Å². The third-order valence-corrected chi connectivity index (χ3v) is 7.36. The average molecular weight is 447 g/mol. The molecule has 4 rings (SSSR count). The highest BCUT2D eigenvalue weighted by Gasteiger charge is 2.27. The molecule has 0 bridgehead atoms. The Labute approximate surface area is 187 Å². The van der Waals surface area contributed by atoms with E-state index in [0.29, 0.717) is 10.7 Å². The van der Waals surface area contributed by atoms with E-state index in [2.05, 4.69) is 39.0 Å². The second-order valence-corrected chi connectivity index (χ2v) is 10.4. The summed E-state index contributed by atoms with van der Waals surface area (Å²) >= 11 is 1.43. The highest BCUT2D eigenvalue weighted by molar-refractivity contribution is 7.20. The molecule has 0 unspecified atom stereocenters. The zero-order valence-corrected chi connectivity index (χ0v) is 19.7. The predicted octanol–water partition coefficient (Wildman–Crippen LogP) is 2.16. The molecule has 0 saturated carbocycles. The molecule has 2 aliphatic heterocycles. The normalized spacial score (nSPS) is 23.4. The SMILES string of the molecule is Cc1cc(=O)n2nc(N3CCC(C(=O)NCCCN4C[C@@H](C)C[C@H](C)C4)CC3)sc2n1. The van der Waals surface area contributed by atoms with E-state index in [4.69, 9.17) is 0 Å². The van der Waals surface area contributed by atoms with Gasteiger partial charge in [-0.15, -0.1) is 5.10 Å². The molecule has 2 saturated heterocycles. The minimum absolute atomic E-state index is 0.0590. The van der Waals surface area contributed by atoms with Gasteiger partial charge in [-0.1, -0.05) is 25.2 Å². The molecule has 0 spiro atoms. The van der Waals surface area contributed by atoms with Crippen LogP contribution in [0.25, 0.3) is 4.96 Å². The van der Waals surface area contributed by atoms with Gasteiger partial charge in [-0.05, 0) is 51.0 Å². The maximum absolute atomic E-state index is 12.6. The topological polar surface area (TPSA) is 82.8 Å². The smallest absolute Gasteiger partial charge is 0.275 e. The first-order valence-electron chi connectivity index (χ1n) is 11.5. The largest absolute Gasteiger partial charge is 0.356 e. The fourth-order valence-electron chi connectivity index (χ4n) is 5.00. The fourth-order valence-corrected chi connectivity index (χ4v) is 6.01. The van der Waals surface area contributed by atoms with Gasteiger partial charge < -0.3 is 15.1 Å². The van der Waals surface area contributed by atoms with Crippen LogP contribution in [0.3, 0.4) is 0 Å². The maximum Gasteiger partial charge on any atom is 0.275 e. The van der Waals surface area contributed by atoms with E-state index < -0.39 is 0 Å². The molecule has 170 valence electrons. The summed E-state index contributed by atoms with van der Waals surface area (Å²) in [5.41, 5.74) is 0.563. The highest BCUT2D eigenvalue weighted by Crippen LogP contribution is 2.27. The Morgan fingerprint density at radius 3 is 2.65 bits per heavy atom. The standard InChI is InChI=1S/C22H34N6O2S/c1-15-11-16(2)14-26(13-15)8-4-7-23-20(30)18-5-9-27(10-6-18)22-25-28-19(29)12-17(3)24-21(28)31-22/h12,15-16,18H,4-11,13-14H2,1-3H3,(H,23,30)/t15-,16-/m0/s1. The third-order valence-electron chi connectivity index (χ3n) is 6.39. The van der Waals surface area contributed by atoms with E-state index in [1.165, 1.54) is 41.4 Å². The molecular formula is C22H34N6O2S. The number of piperidine rings is 2. The van der Waals surface area contributed by atoms with Crippen LogP contribution < -0.4 is 15.8 Å². The number of carbonyl (C=O) groups is 1. The van der Waals surface area contributed by atoms with Crippen molar-refractivity contribution in [1.29, 1.82) is 0 Å². The molecule has 8 nitrogen and oxygen atoms in total. The quantitative estimate of drug-likeness (QED) is 0.685. The van der Waals surface area contributed by atoms with Crippen LogP contribution in [-0.2, 0) is 4.79 Å². The number of fused-ring (bicyclic) bond motifs is 1. The molecule has 31 heavy (non-hydrogen) atoms. The van der Waals surface area contributed by atoms with Crippen LogP contribution in [0.15, 0.2) is 10.9 Å². The van der Waals surface area contributed by atoms with Crippen LogP contribution in [0, 0.1) is 24.7 Å². The van der Waals surface area contributed by atoms with Gasteiger partial charge in [0, 0.05) is 50.4 Å². The molecule has 2 aliphatic rings. The Kier molecular flexibility index (Phi) is 6.91. The van der Waals surface area contributed by atoms with Crippen LogP contribution >= 0.6 is 11.3 Å². The van der Waals surface area contributed by atoms with Crippen molar-refractivity contribution in [2.45, 2.75) is 46.5 Å². The summed E-state index contributed by atoms with van der Waals surface area (Å²) in [6, 6.07) is 1.50. The lowest BCUT2D eigenvalue weighted by atomic mass is 9.92. The summed E-state index contributed by atoms with van der Waals surface area (Å²) in [7, 11) is 0. The molecule has 2 atom stereocenters. The molecular weight excluding hydrogens is 412 g/mol. The Morgan fingerprint density at radius 1 is 1.23 bits per heavy atom. The molecule has 9 heteroatoms. The molecule has 0 radical (unpaired) electrons. The van der Waals surface area contributed by atoms with Crippen molar-refractivity contribution in [2.24, 2.45) is 17.8 Å². The number of carbonyl (C=O) groups excluding carboxylic acids is 1. The number of nitrogens with zero attached hydrogens (tertiary/aromatic N) is 5. The molecule has 2 aromatic heterocycles. The predicted molar refractivity (Wildman–Crippen MR) is 124 cm³/mol. The highest BCUT2D eigenvalue weighted by atomic mass is 32.1. The van der Waals surface area contributed by atoms with E-state index in [0.717, 1.165) is 62.4 Å². The molecule has 1 amide bonds. The van der Waals surface area contributed by atoms with Gasteiger partial charge in [0.05, 0.1) is 0 Å². The van der Waals surface area contributed by atoms with Crippen molar-refractivity contribution in [2.75, 3.05) is 44.2 Å². The molecule has 0 aliphatic carbocycles. The van der Waals surface area contributed by atoms with Crippen molar-refractivity contribution in [3.8, 4) is 0 Å². The zero-order valence-electron chi connectivity index (χ0n) is 18.8. The summed E-state index contributed by atoms with van der Waals surface area (Å²) in [4.78, 5) is 34.4. The van der Waals surface area contributed by atoms with E-state index in [1.54, 1.807) is 0 Å². The second-order valence-electron chi connectivity index (χ2n) is 9.43. The number of hydrogen-bond donors (Lipinski definition) is 1. The summed E-state index contributed by atoms with van der Waals surface area (Å²) in [6.07, 6.45) is 3.96. The van der Waals surface area contributed by atoms with Gasteiger partial charge >= 0.3 is 0 Å². The van der Waals surface area contributed by atoms with Gasteiger partial charge in [0.2, 0.25) is 16.0 Å². The monoisotopic (exact) mass is 446 g/mol. The number of hydrogen-bond acceptors (Lipinski definition) is 7. The Hall–Kier alpha value is -2.00. The van der Waals surface area contributed by atoms with Crippen molar-refractivity contribution in [3.05, 3.63) is 22.1 Å². The molecule has 1 N–H and O–H groups in total. The van der Waals surface area contributed by atoms with Gasteiger partial charge in [0.1, 0.15) is 0 Å². The number of anilines is 1. The summed E-state index contributed by atoms with van der Waals surface area (Å²) in [6.45, 7) is 12.2. The lowest BCUT2D eigenvalue weighted by Crippen LogP contribution is -2.42. The van der Waals surface area contributed by atoms with Crippen molar-refractivity contribution in [1.82, 2.24) is 24.8 Å². The first kappa shape index (κ1) is 22.2. The van der Waals surface area contributed by atoms with Gasteiger partial charge in [-0.2, -0.15) is 4.52 Å². The lowest BCUT2D eigenvalue weighted by molar-refractivity contribution is -0.125. The molecule has 2 aromatic rings. The Bertz CT molecular complexity index is 955. The molecule has 4 heterocycles. The van der Waals surface area contributed by atoms with Crippen LogP contribution in [-0.4, -0.2) is 64.7 Å². The van der Waals surface area contributed by atoms with Crippen molar-refractivity contribution < 1.29 is 4.79 Å². The third kappa shape index (κ3) is 5.44. The van der Waals surface area contributed by atoms with Crippen LogP contribution in [0.4, 0.5) is 5.13 Å². The van der Waals surface area contributed by atoms with E-state index in [1.807, 2.05) is 6.92 Å². The summed E-state index contributed by atoms with van der Waals surface area (Å²) < 4.78 is 1.37. The lowest BCUT2D eigenvalue weighted by Gasteiger charge is -2.35. The van der Waals surface area contributed by atoms with Crippen LogP contribution in [0.2, 0.25) is 0 Å². The number of amides is 1. The van der Waals surface area contributed by atoms with E-state index in [9.17, 15) is 9.59 Å². The van der Waals surface area contributed by atoms with Crippen LogP contribution in [0.1, 0.15) is 45.2 Å². The molecule has 0 aromatic carbocycles. The number of nitrogens with one attached hydrogen (secondary N) is 1. The first-order valence-corrected chi connectivity index (χ1v) is 12.3. The van der Waals surface area contributed by atoms with Crippen LogP contribution in [0.5, 0.6) is 0 Å². The van der Waals surface area contributed by atoms with Crippen molar-refractivity contribution >= 4 is 27.3 Å². The zero-order chi connectivity index (χ0) is 22.0. The number of aryl methyl sites for hydroxylation is 1. The summed E-state index contributed by atoms with van der Waals surface area (Å²) in [5.74, 6) is 1.79. The minimum Gasteiger partial charge on any atom is -0.356 e. The molecule has 2 fully saturated rings. The Balaban J connectivity index is 1.21. The van der Waals surface area contributed by atoms with E-state index in [-0.39, 0.29) is 17.4 Å². The Morgan fingerprint density at radius 2 is 1.94 bits per heavy atom. The van der Waals surface area contributed by atoms with Crippen molar-refractivity contribution in [3.63, 3.8) is 0 Å². The van der Waals surface area contributed by atoms with Gasteiger partial charge in [-0.3, -0.25) is 9.59 Å². The second kappa shape index (κ2) is 9.65. The number of aromatic nitrogens is 3. The van der Waals surface area contributed by atoms with Gasteiger partial charge in [0.25, 0.3) is 5.56 Å². The number of likely N-dealkylation sites (tertiary alicyclic amines) is 1. The maximum atomic E-state index is 12.6. The summed E-state index contributed by atoms with van der Waals surface area (Å²) in [5, 5.41) is 8.40.